The molecule has 0 spiro atoms. The van der Waals surface area contributed by atoms with E-state index in [4.69, 9.17) is 0 Å². The van der Waals surface area contributed by atoms with Crippen LogP contribution >= 0.6 is 0 Å². The van der Waals surface area contributed by atoms with Crippen LogP contribution in [0, 0.1) is 11.7 Å². The van der Waals surface area contributed by atoms with Crippen LogP contribution in [0.5, 0.6) is 0 Å². The Morgan fingerprint density at radius 2 is 2.16 bits per heavy atom. The van der Waals surface area contributed by atoms with Crippen molar-refractivity contribution in [2.45, 2.75) is 33.1 Å². The molecule has 0 aliphatic carbocycles. The third-order valence-corrected chi connectivity index (χ3v) is 2.90. The first-order valence-corrected chi connectivity index (χ1v) is 6.86. The molecule has 0 aliphatic heterocycles. The quantitative estimate of drug-likeness (QED) is 0.429. The van der Waals surface area contributed by atoms with E-state index >= 15 is 0 Å². The fraction of sp³-hybridized carbons (Fsp3) is 0.333. The van der Waals surface area contributed by atoms with E-state index in [0.29, 0.717) is 5.92 Å². The van der Waals surface area contributed by atoms with Gasteiger partial charge in [-0.25, -0.2) is 4.39 Å². The van der Waals surface area contributed by atoms with Crippen LogP contribution in [0.4, 0.5) is 4.39 Å². The minimum Gasteiger partial charge on any atom is -0.207 e. The molecule has 1 aromatic carbocycles. The van der Waals surface area contributed by atoms with Crippen molar-refractivity contribution in [3.63, 3.8) is 0 Å². The van der Waals surface area contributed by atoms with Crippen LogP contribution in [0.2, 0.25) is 0 Å². The maximum Gasteiger partial charge on any atom is 0.123 e. The maximum absolute atomic E-state index is 13.0. The minimum atomic E-state index is -0.197. The smallest absolute Gasteiger partial charge is 0.123 e. The number of benzene rings is 1. The second-order valence-corrected chi connectivity index (χ2v) is 5.01. The monoisotopic (exact) mass is 258 g/mol. The number of hydrogen-bond donors (Lipinski definition) is 0. The van der Waals surface area contributed by atoms with Gasteiger partial charge in [-0.3, -0.25) is 0 Å². The van der Waals surface area contributed by atoms with Gasteiger partial charge >= 0.3 is 0 Å². The SMILES string of the molecule is C=C(C)CC(/C=C/C=C/c1cccc(F)c1)CCC. The topological polar surface area (TPSA) is 0 Å². The summed E-state index contributed by atoms with van der Waals surface area (Å²) in [6.45, 7) is 8.23. The molecule has 0 aromatic heterocycles. The first-order chi connectivity index (χ1) is 9.11. The van der Waals surface area contributed by atoms with E-state index in [1.54, 1.807) is 6.07 Å². The van der Waals surface area contributed by atoms with Gasteiger partial charge in [-0.2, -0.15) is 0 Å². The summed E-state index contributed by atoms with van der Waals surface area (Å²) in [5.74, 6) is 0.358. The summed E-state index contributed by atoms with van der Waals surface area (Å²) in [5.41, 5.74) is 2.11. The van der Waals surface area contributed by atoms with Gasteiger partial charge in [0.05, 0.1) is 0 Å². The Kier molecular flexibility index (Phi) is 6.88. The van der Waals surface area contributed by atoms with Crippen LogP contribution in [0.1, 0.15) is 38.7 Å². The molecule has 19 heavy (non-hydrogen) atoms. The Bertz CT molecular complexity index is 455. The Labute approximate surface area is 116 Å². The molecule has 1 unspecified atom stereocenters. The molecule has 0 heterocycles. The molecule has 0 radical (unpaired) electrons. The highest BCUT2D eigenvalue weighted by atomic mass is 19.1. The van der Waals surface area contributed by atoms with E-state index in [-0.39, 0.29) is 5.82 Å². The molecule has 0 saturated heterocycles. The van der Waals surface area contributed by atoms with Gasteiger partial charge in [0, 0.05) is 0 Å². The van der Waals surface area contributed by atoms with Gasteiger partial charge in [-0.15, -0.1) is 6.58 Å². The third kappa shape index (κ3) is 6.76. The van der Waals surface area contributed by atoms with Crippen molar-refractivity contribution >= 4 is 6.08 Å². The van der Waals surface area contributed by atoms with Crippen molar-refractivity contribution in [2.75, 3.05) is 0 Å². The summed E-state index contributed by atoms with van der Waals surface area (Å²) >= 11 is 0. The molecule has 0 amide bonds. The van der Waals surface area contributed by atoms with E-state index in [1.807, 2.05) is 24.3 Å². The second-order valence-electron chi connectivity index (χ2n) is 5.01. The Morgan fingerprint density at radius 1 is 1.37 bits per heavy atom. The number of halogens is 1. The highest BCUT2D eigenvalue weighted by molar-refractivity contribution is 5.50. The minimum absolute atomic E-state index is 0.197. The number of hydrogen-bond acceptors (Lipinski definition) is 0. The number of allylic oxidation sites excluding steroid dienone is 4. The molecule has 102 valence electrons. The molecular formula is C18H23F. The Balaban J connectivity index is 2.57. The van der Waals surface area contributed by atoms with Gasteiger partial charge in [0.2, 0.25) is 0 Å². The van der Waals surface area contributed by atoms with Gasteiger partial charge in [0.15, 0.2) is 0 Å². The first-order valence-electron chi connectivity index (χ1n) is 6.86. The Morgan fingerprint density at radius 3 is 2.79 bits per heavy atom. The van der Waals surface area contributed by atoms with Crippen LogP contribution in [-0.2, 0) is 0 Å². The predicted octanol–water partition coefficient (Wildman–Crippen LogP) is 5.78. The molecular weight excluding hydrogens is 235 g/mol. The van der Waals surface area contributed by atoms with E-state index in [2.05, 4.69) is 26.5 Å². The molecule has 0 N–H and O–H groups in total. The molecule has 0 fully saturated rings. The fourth-order valence-electron chi connectivity index (χ4n) is 2.08. The van der Waals surface area contributed by atoms with Crippen molar-refractivity contribution in [1.29, 1.82) is 0 Å². The zero-order valence-electron chi connectivity index (χ0n) is 11.9. The van der Waals surface area contributed by atoms with Gasteiger partial charge in [-0.05, 0) is 43.4 Å². The molecule has 0 saturated carbocycles. The predicted molar refractivity (Wildman–Crippen MR) is 82.4 cm³/mol. The highest BCUT2D eigenvalue weighted by Gasteiger charge is 2.02. The van der Waals surface area contributed by atoms with Crippen LogP contribution < -0.4 is 0 Å². The van der Waals surface area contributed by atoms with E-state index in [9.17, 15) is 4.39 Å². The first kappa shape index (κ1) is 15.4. The van der Waals surface area contributed by atoms with Crippen LogP contribution in [0.3, 0.4) is 0 Å². The van der Waals surface area contributed by atoms with E-state index in [1.165, 1.54) is 30.5 Å². The fourth-order valence-corrected chi connectivity index (χ4v) is 2.08. The molecule has 0 aliphatic rings. The van der Waals surface area contributed by atoms with Crippen LogP contribution in [-0.4, -0.2) is 0 Å². The molecule has 1 heteroatoms. The molecule has 1 aromatic rings. The van der Waals surface area contributed by atoms with Crippen molar-refractivity contribution in [2.24, 2.45) is 5.92 Å². The lowest BCUT2D eigenvalue weighted by Crippen LogP contribution is -1.95. The third-order valence-electron chi connectivity index (χ3n) is 2.90. The van der Waals surface area contributed by atoms with Crippen molar-refractivity contribution < 1.29 is 4.39 Å². The maximum atomic E-state index is 13.0. The number of rotatable bonds is 7. The summed E-state index contributed by atoms with van der Waals surface area (Å²) in [7, 11) is 0. The van der Waals surface area contributed by atoms with E-state index < -0.39 is 0 Å². The van der Waals surface area contributed by atoms with Gasteiger partial charge in [-0.1, -0.05) is 55.4 Å². The lowest BCUT2D eigenvalue weighted by Gasteiger charge is -2.10. The van der Waals surface area contributed by atoms with Gasteiger partial charge < -0.3 is 0 Å². The molecule has 1 atom stereocenters. The van der Waals surface area contributed by atoms with Crippen LogP contribution in [0.15, 0.2) is 54.6 Å². The largest absolute Gasteiger partial charge is 0.207 e. The van der Waals surface area contributed by atoms with Crippen LogP contribution in [0.25, 0.3) is 6.08 Å². The summed E-state index contributed by atoms with van der Waals surface area (Å²) in [5, 5.41) is 0. The van der Waals surface area contributed by atoms with Gasteiger partial charge in [0.25, 0.3) is 0 Å². The summed E-state index contributed by atoms with van der Waals surface area (Å²) < 4.78 is 13.0. The normalized spacial score (nSPS) is 13.2. The molecule has 1 rings (SSSR count). The molecule has 0 nitrogen and oxygen atoms in total. The highest BCUT2D eigenvalue weighted by Crippen LogP contribution is 2.17. The lowest BCUT2D eigenvalue weighted by molar-refractivity contribution is 0.576. The van der Waals surface area contributed by atoms with Gasteiger partial charge in [0.1, 0.15) is 5.82 Å². The average Bonchev–Trinajstić information content (AvgIpc) is 2.34. The molecule has 0 bridgehead atoms. The Hall–Kier alpha value is -1.63. The average molecular weight is 258 g/mol. The zero-order valence-corrected chi connectivity index (χ0v) is 11.9. The standard InChI is InChI=1S/C18H23F/c1-4-8-16(13-15(2)3)9-5-6-10-17-11-7-12-18(19)14-17/h5-7,9-12,14,16H,2,4,8,13H2,1,3H3/b9-5+,10-6+. The zero-order chi connectivity index (χ0) is 14.1. The van der Waals surface area contributed by atoms with Crippen molar-refractivity contribution in [3.05, 3.63) is 66.0 Å². The lowest BCUT2D eigenvalue weighted by atomic mass is 9.96. The summed E-state index contributed by atoms with van der Waals surface area (Å²) in [6, 6.07) is 6.60. The second kappa shape index (κ2) is 8.47. The van der Waals surface area contributed by atoms with E-state index in [0.717, 1.165) is 12.0 Å². The van der Waals surface area contributed by atoms with Crippen molar-refractivity contribution in [1.82, 2.24) is 0 Å². The van der Waals surface area contributed by atoms with Crippen molar-refractivity contribution in [3.8, 4) is 0 Å². The summed E-state index contributed by atoms with van der Waals surface area (Å²) in [4.78, 5) is 0. The summed E-state index contributed by atoms with van der Waals surface area (Å²) in [6.07, 6.45) is 11.5.